The van der Waals surface area contributed by atoms with Crippen molar-refractivity contribution < 1.29 is 5.11 Å². The van der Waals surface area contributed by atoms with Crippen molar-refractivity contribution in [2.75, 3.05) is 0 Å². The first-order chi connectivity index (χ1) is 19.7. The van der Waals surface area contributed by atoms with Crippen LogP contribution in [0.4, 0.5) is 0 Å². The molecule has 1 aliphatic carbocycles. The van der Waals surface area contributed by atoms with Crippen LogP contribution in [-0.2, 0) is 5.41 Å². The van der Waals surface area contributed by atoms with Crippen LogP contribution in [0.5, 0.6) is 5.75 Å². The molecule has 40 heavy (non-hydrogen) atoms. The summed E-state index contributed by atoms with van der Waals surface area (Å²) >= 11 is 0. The van der Waals surface area contributed by atoms with Crippen LogP contribution in [-0.4, -0.2) is 5.11 Å². The maximum absolute atomic E-state index is 10.2. The van der Waals surface area contributed by atoms with Gasteiger partial charge in [0.05, 0.1) is 5.41 Å². The molecule has 0 atom stereocenters. The molecule has 1 heteroatoms. The van der Waals surface area contributed by atoms with Crippen LogP contribution in [0.15, 0.2) is 152 Å². The number of fused-ring (bicyclic) bond motifs is 5. The van der Waals surface area contributed by atoms with Crippen molar-refractivity contribution in [3.63, 3.8) is 0 Å². The van der Waals surface area contributed by atoms with Gasteiger partial charge < -0.3 is 5.11 Å². The molecule has 1 aliphatic rings. The Morgan fingerprint density at radius 1 is 0.425 bits per heavy atom. The number of hydrogen-bond donors (Lipinski definition) is 1. The molecule has 0 spiro atoms. The van der Waals surface area contributed by atoms with Gasteiger partial charge >= 0.3 is 0 Å². The van der Waals surface area contributed by atoms with Crippen molar-refractivity contribution in [2.45, 2.75) is 5.41 Å². The van der Waals surface area contributed by atoms with E-state index in [-0.39, 0.29) is 5.75 Å². The van der Waals surface area contributed by atoms with Crippen LogP contribution >= 0.6 is 0 Å². The van der Waals surface area contributed by atoms with Gasteiger partial charge in [-0.05, 0) is 84.3 Å². The summed E-state index contributed by atoms with van der Waals surface area (Å²) < 4.78 is 0. The minimum absolute atomic E-state index is 0.275. The fourth-order valence-electron chi connectivity index (χ4n) is 6.95. The topological polar surface area (TPSA) is 20.2 Å². The lowest BCUT2D eigenvalue weighted by Gasteiger charge is -2.34. The standard InChI is InChI=1S/C39H26O/c40-31-23-21-30(22-24-31)39(36-15-7-5-13-34(36)35-14-6-8-16-37(35)39)29-19-17-26(18-20-29)38-32-11-3-1-9-27(32)25-28-10-2-4-12-33(28)38/h1-25,40H. The largest absolute Gasteiger partial charge is 0.508 e. The molecule has 0 saturated carbocycles. The van der Waals surface area contributed by atoms with Crippen LogP contribution < -0.4 is 0 Å². The van der Waals surface area contributed by atoms with Gasteiger partial charge in [0.25, 0.3) is 0 Å². The minimum Gasteiger partial charge on any atom is -0.508 e. The molecule has 0 unspecified atom stereocenters. The molecule has 0 bridgehead atoms. The Morgan fingerprint density at radius 3 is 1.43 bits per heavy atom. The molecule has 0 amide bonds. The SMILES string of the molecule is Oc1ccc(C2(c3ccc(-c4c5ccccc5cc5ccccc45)cc3)c3ccccc3-c3ccccc32)cc1. The zero-order valence-electron chi connectivity index (χ0n) is 21.9. The predicted octanol–water partition coefficient (Wildman–Crippen LogP) is 9.73. The zero-order valence-corrected chi connectivity index (χ0v) is 21.9. The van der Waals surface area contributed by atoms with Gasteiger partial charge in [-0.2, -0.15) is 0 Å². The second-order valence-corrected chi connectivity index (χ2v) is 10.7. The Kier molecular flexibility index (Phi) is 4.96. The van der Waals surface area contributed by atoms with Crippen molar-refractivity contribution in [1.82, 2.24) is 0 Å². The van der Waals surface area contributed by atoms with E-state index in [9.17, 15) is 5.11 Å². The van der Waals surface area contributed by atoms with Gasteiger partial charge in [0.15, 0.2) is 0 Å². The molecule has 1 N–H and O–H groups in total. The lowest BCUT2D eigenvalue weighted by molar-refractivity contribution is 0.475. The smallest absolute Gasteiger partial charge is 0.115 e. The van der Waals surface area contributed by atoms with Crippen LogP contribution in [0, 0.1) is 0 Å². The van der Waals surface area contributed by atoms with E-state index in [0.717, 1.165) is 5.56 Å². The Bertz CT molecular complexity index is 1950. The highest BCUT2D eigenvalue weighted by molar-refractivity contribution is 6.12. The third kappa shape index (κ3) is 3.15. The Hall–Kier alpha value is -5.14. The summed E-state index contributed by atoms with van der Waals surface area (Å²) in [6.45, 7) is 0. The summed E-state index contributed by atoms with van der Waals surface area (Å²) in [6.07, 6.45) is 0. The van der Waals surface area contributed by atoms with E-state index in [0.29, 0.717) is 0 Å². The molecule has 0 heterocycles. The molecular formula is C39H26O. The molecule has 7 aromatic carbocycles. The van der Waals surface area contributed by atoms with Crippen LogP contribution in [0.2, 0.25) is 0 Å². The van der Waals surface area contributed by atoms with Crippen LogP contribution in [0.1, 0.15) is 22.3 Å². The molecule has 7 aromatic rings. The summed E-state index contributed by atoms with van der Waals surface area (Å²) in [7, 11) is 0. The molecule has 1 nitrogen and oxygen atoms in total. The molecule has 188 valence electrons. The van der Waals surface area contributed by atoms with E-state index in [1.807, 2.05) is 0 Å². The van der Waals surface area contributed by atoms with Crippen molar-refractivity contribution in [1.29, 1.82) is 0 Å². The first-order valence-electron chi connectivity index (χ1n) is 13.8. The van der Waals surface area contributed by atoms with Crippen LogP contribution in [0.3, 0.4) is 0 Å². The predicted molar refractivity (Wildman–Crippen MR) is 166 cm³/mol. The average molecular weight is 511 g/mol. The van der Waals surface area contributed by atoms with Gasteiger partial charge in [0.1, 0.15) is 5.75 Å². The maximum Gasteiger partial charge on any atom is 0.115 e. The van der Waals surface area contributed by atoms with E-state index < -0.39 is 5.41 Å². The minimum atomic E-state index is -0.486. The van der Waals surface area contributed by atoms with Crippen molar-refractivity contribution in [3.8, 4) is 28.0 Å². The molecule has 0 aromatic heterocycles. The number of rotatable bonds is 3. The molecule has 8 rings (SSSR count). The highest BCUT2D eigenvalue weighted by Gasteiger charge is 2.45. The van der Waals surface area contributed by atoms with Gasteiger partial charge in [-0.15, -0.1) is 0 Å². The second kappa shape index (κ2) is 8.69. The summed E-state index contributed by atoms with van der Waals surface area (Å²) in [5, 5.41) is 15.2. The summed E-state index contributed by atoms with van der Waals surface area (Å²) in [5.74, 6) is 0.275. The van der Waals surface area contributed by atoms with E-state index in [1.54, 1.807) is 12.1 Å². The Balaban J connectivity index is 1.41. The molecule has 0 radical (unpaired) electrons. The van der Waals surface area contributed by atoms with E-state index in [4.69, 9.17) is 0 Å². The van der Waals surface area contributed by atoms with Crippen molar-refractivity contribution in [3.05, 3.63) is 174 Å². The molecule has 0 fully saturated rings. The normalized spacial score (nSPS) is 13.3. The number of aromatic hydroxyl groups is 1. The van der Waals surface area contributed by atoms with Crippen LogP contribution in [0.25, 0.3) is 43.8 Å². The van der Waals surface area contributed by atoms with Crippen molar-refractivity contribution in [2.24, 2.45) is 0 Å². The summed E-state index contributed by atoms with van der Waals surface area (Å²) in [6, 6.07) is 54.0. The van der Waals surface area contributed by atoms with E-state index in [2.05, 4.69) is 140 Å². The lowest BCUT2D eigenvalue weighted by atomic mass is 9.67. The highest BCUT2D eigenvalue weighted by Crippen LogP contribution is 2.56. The summed E-state index contributed by atoms with van der Waals surface area (Å²) in [4.78, 5) is 0. The fourth-order valence-corrected chi connectivity index (χ4v) is 6.95. The molecule has 0 aliphatic heterocycles. The van der Waals surface area contributed by atoms with Gasteiger partial charge in [0.2, 0.25) is 0 Å². The highest BCUT2D eigenvalue weighted by atomic mass is 16.3. The maximum atomic E-state index is 10.2. The number of phenolic OH excluding ortho intramolecular Hbond substituents is 1. The van der Waals surface area contributed by atoms with Gasteiger partial charge in [-0.3, -0.25) is 0 Å². The van der Waals surface area contributed by atoms with Gasteiger partial charge in [-0.25, -0.2) is 0 Å². The number of benzene rings is 7. The second-order valence-electron chi connectivity index (χ2n) is 10.7. The van der Waals surface area contributed by atoms with Gasteiger partial charge in [-0.1, -0.05) is 133 Å². The quantitative estimate of drug-likeness (QED) is 0.235. The van der Waals surface area contributed by atoms with E-state index >= 15 is 0 Å². The van der Waals surface area contributed by atoms with Gasteiger partial charge in [0, 0.05) is 0 Å². The first kappa shape index (κ1) is 22.8. The summed E-state index contributed by atoms with van der Waals surface area (Å²) in [5.41, 5.74) is 9.40. The third-order valence-electron chi connectivity index (χ3n) is 8.63. The van der Waals surface area contributed by atoms with E-state index in [1.165, 1.54) is 60.5 Å². The first-order valence-corrected chi connectivity index (χ1v) is 13.8. The number of hydrogen-bond acceptors (Lipinski definition) is 1. The average Bonchev–Trinajstić information content (AvgIpc) is 3.32. The molecule has 0 saturated heterocycles. The monoisotopic (exact) mass is 510 g/mol. The Morgan fingerprint density at radius 2 is 0.875 bits per heavy atom. The number of phenols is 1. The zero-order chi connectivity index (χ0) is 26.7. The molecular weight excluding hydrogens is 484 g/mol. The van der Waals surface area contributed by atoms with Crippen molar-refractivity contribution >= 4 is 21.5 Å². The third-order valence-corrected chi connectivity index (χ3v) is 8.63. The lowest BCUT2D eigenvalue weighted by Crippen LogP contribution is -2.28. The Labute approximate surface area is 233 Å². The fraction of sp³-hybridized carbons (Fsp3) is 0.0256.